The Morgan fingerprint density at radius 1 is 1.30 bits per heavy atom. The normalized spacial score (nSPS) is 17.6. The first-order chi connectivity index (χ1) is 12.8. The standard InChI is InChI=1S/C20H22N4O2S/c1-20(2,3)19-21-11-12(16(25)23-19)18(26)24-10-6-8-14(24)17-22-13-7-4-5-9-15(13)27-17/h4-5,7,9,11,14H,6,8,10H2,1-3H3,(H,21,23,25)/t14-/m0/s1. The minimum atomic E-state index is -0.380. The lowest BCUT2D eigenvalue weighted by Gasteiger charge is -2.23. The van der Waals surface area contributed by atoms with Gasteiger partial charge in [0, 0.05) is 18.2 Å². The zero-order valence-electron chi connectivity index (χ0n) is 15.7. The van der Waals surface area contributed by atoms with Gasteiger partial charge in [0.05, 0.1) is 16.3 Å². The van der Waals surface area contributed by atoms with E-state index in [0.717, 1.165) is 28.1 Å². The van der Waals surface area contributed by atoms with Crippen molar-refractivity contribution in [3.63, 3.8) is 0 Å². The van der Waals surface area contributed by atoms with Gasteiger partial charge >= 0.3 is 0 Å². The Kier molecular flexibility index (Phi) is 4.34. The molecule has 3 heterocycles. The van der Waals surface area contributed by atoms with Crippen LogP contribution < -0.4 is 5.56 Å². The summed E-state index contributed by atoms with van der Waals surface area (Å²) in [4.78, 5) is 39.1. The molecule has 27 heavy (non-hydrogen) atoms. The second-order valence-electron chi connectivity index (χ2n) is 7.90. The molecular weight excluding hydrogens is 360 g/mol. The molecule has 1 aromatic carbocycles. The lowest BCUT2D eigenvalue weighted by Crippen LogP contribution is -2.35. The van der Waals surface area contributed by atoms with Crippen LogP contribution in [0.3, 0.4) is 0 Å². The number of fused-ring (bicyclic) bond motifs is 1. The Morgan fingerprint density at radius 2 is 2.07 bits per heavy atom. The van der Waals surface area contributed by atoms with Gasteiger partial charge in [-0.2, -0.15) is 0 Å². The van der Waals surface area contributed by atoms with Gasteiger partial charge in [0.25, 0.3) is 11.5 Å². The third-order valence-corrected chi connectivity index (χ3v) is 5.99. The molecule has 1 N–H and O–H groups in total. The van der Waals surface area contributed by atoms with Gasteiger partial charge in [0.15, 0.2) is 0 Å². The zero-order valence-corrected chi connectivity index (χ0v) is 16.5. The van der Waals surface area contributed by atoms with E-state index in [9.17, 15) is 9.59 Å². The summed E-state index contributed by atoms with van der Waals surface area (Å²) < 4.78 is 1.11. The van der Waals surface area contributed by atoms with Crippen molar-refractivity contribution in [1.82, 2.24) is 19.9 Å². The molecule has 1 fully saturated rings. The van der Waals surface area contributed by atoms with Crippen molar-refractivity contribution < 1.29 is 4.79 Å². The number of para-hydroxylation sites is 1. The predicted molar refractivity (Wildman–Crippen MR) is 106 cm³/mol. The Hall–Kier alpha value is -2.54. The molecule has 3 aromatic rings. The first-order valence-electron chi connectivity index (χ1n) is 9.11. The van der Waals surface area contributed by atoms with Crippen LogP contribution in [0.1, 0.15) is 60.8 Å². The third kappa shape index (κ3) is 3.27. The number of benzene rings is 1. The number of likely N-dealkylation sites (tertiary alicyclic amines) is 1. The maximum Gasteiger partial charge on any atom is 0.263 e. The molecule has 0 unspecified atom stereocenters. The molecule has 1 amide bonds. The van der Waals surface area contributed by atoms with Crippen molar-refractivity contribution in [3.05, 3.63) is 57.2 Å². The molecule has 0 saturated carbocycles. The third-order valence-electron chi connectivity index (χ3n) is 4.85. The highest BCUT2D eigenvalue weighted by atomic mass is 32.1. The summed E-state index contributed by atoms with van der Waals surface area (Å²) in [5, 5.41) is 0.928. The van der Waals surface area contributed by atoms with E-state index in [1.54, 1.807) is 16.2 Å². The molecule has 0 spiro atoms. The van der Waals surface area contributed by atoms with E-state index in [0.29, 0.717) is 12.4 Å². The Balaban J connectivity index is 1.66. The van der Waals surface area contributed by atoms with Crippen LogP contribution in [0.2, 0.25) is 0 Å². The van der Waals surface area contributed by atoms with Crippen molar-refractivity contribution in [1.29, 1.82) is 0 Å². The van der Waals surface area contributed by atoms with Crippen molar-refractivity contribution in [2.75, 3.05) is 6.54 Å². The molecule has 4 rings (SSSR count). The monoisotopic (exact) mass is 382 g/mol. The first-order valence-corrected chi connectivity index (χ1v) is 9.92. The van der Waals surface area contributed by atoms with Crippen LogP contribution in [-0.4, -0.2) is 32.3 Å². The summed E-state index contributed by atoms with van der Waals surface area (Å²) in [6.07, 6.45) is 3.17. The summed E-state index contributed by atoms with van der Waals surface area (Å²) in [5.41, 5.74) is 0.384. The fourth-order valence-electron chi connectivity index (χ4n) is 3.38. The number of aromatic amines is 1. The summed E-state index contributed by atoms with van der Waals surface area (Å²) in [6, 6.07) is 7.89. The Labute approximate surface area is 161 Å². The predicted octanol–water partition coefficient (Wildman–Crippen LogP) is 3.65. The second-order valence-corrected chi connectivity index (χ2v) is 8.96. The maximum atomic E-state index is 13.1. The fourth-order valence-corrected chi connectivity index (χ4v) is 4.50. The lowest BCUT2D eigenvalue weighted by atomic mass is 9.96. The van der Waals surface area contributed by atoms with E-state index in [4.69, 9.17) is 4.98 Å². The van der Waals surface area contributed by atoms with E-state index in [2.05, 4.69) is 9.97 Å². The molecule has 0 aliphatic carbocycles. The van der Waals surface area contributed by atoms with E-state index < -0.39 is 0 Å². The highest BCUT2D eigenvalue weighted by Gasteiger charge is 2.34. The van der Waals surface area contributed by atoms with Gasteiger partial charge in [-0.3, -0.25) is 9.59 Å². The number of carbonyl (C=O) groups excluding carboxylic acids is 1. The molecule has 140 valence electrons. The summed E-state index contributed by atoms with van der Waals surface area (Å²) in [7, 11) is 0. The topological polar surface area (TPSA) is 79.0 Å². The number of thiazole rings is 1. The van der Waals surface area contributed by atoms with Crippen molar-refractivity contribution in [3.8, 4) is 0 Å². The van der Waals surface area contributed by atoms with Crippen molar-refractivity contribution in [2.45, 2.75) is 45.1 Å². The van der Waals surface area contributed by atoms with Crippen LogP contribution in [0.5, 0.6) is 0 Å². The van der Waals surface area contributed by atoms with Crippen LogP contribution in [-0.2, 0) is 5.41 Å². The smallest absolute Gasteiger partial charge is 0.263 e. The van der Waals surface area contributed by atoms with Crippen LogP contribution >= 0.6 is 11.3 Å². The number of nitrogens with zero attached hydrogens (tertiary/aromatic N) is 3. The van der Waals surface area contributed by atoms with E-state index >= 15 is 0 Å². The van der Waals surface area contributed by atoms with Crippen LogP contribution in [0.15, 0.2) is 35.3 Å². The molecule has 0 radical (unpaired) electrons. The van der Waals surface area contributed by atoms with E-state index in [1.807, 2.05) is 45.0 Å². The summed E-state index contributed by atoms with van der Waals surface area (Å²) in [5.74, 6) is 0.305. The highest BCUT2D eigenvalue weighted by molar-refractivity contribution is 7.18. The zero-order chi connectivity index (χ0) is 19.2. The first kappa shape index (κ1) is 17.9. The minimum Gasteiger partial charge on any atom is -0.329 e. The number of amides is 1. The summed E-state index contributed by atoms with van der Waals surface area (Å²) in [6.45, 7) is 6.53. The quantitative estimate of drug-likeness (QED) is 0.734. The van der Waals surface area contributed by atoms with Gasteiger partial charge in [-0.05, 0) is 25.0 Å². The van der Waals surface area contributed by atoms with Gasteiger partial charge in [0.1, 0.15) is 16.4 Å². The number of carbonyl (C=O) groups is 1. The number of hydrogen-bond donors (Lipinski definition) is 1. The number of hydrogen-bond acceptors (Lipinski definition) is 5. The molecule has 2 aromatic heterocycles. The number of nitrogens with one attached hydrogen (secondary N) is 1. The molecule has 7 heteroatoms. The molecule has 1 aliphatic heterocycles. The Morgan fingerprint density at radius 3 is 2.78 bits per heavy atom. The van der Waals surface area contributed by atoms with Gasteiger partial charge in [-0.1, -0.05) is 32.9 Å². The van der Waals surface area contributed by atoms with E-state index in [1.165, 1.54) is 6.20 Å². The largest absolute Gasteiger partial charge is 0.329 e. The highest BCUT2D eigenvalue weighted by Crippen LogP contribution is 2.37. The maximum absolute atomic E-state index is 13.1. The molecule has 6 nitrogen and oxygen atoms in total. The number of rotatable bonds is 2. The van der Waals surface area contributed by atoms with Gasteiger partial charge in [-0.25, -0.2) is 9.97 Å². The molecule has 1 saturated heterocycles. The van der Waals surface area contributed by atoms with Gasteiger partial charge in [-0.15, -0.1) is 11.3 Å². The Bertz CT molecular complexity index is 1030. The molecular formula is C20H22N4O2S. The van der Waals surface area contributed by atoms with Gasteiger partial charge < -0.3 is 9.88 Å². The molecule has 1 aliphatic rings. The van der Waals surface area contributed by atoms with Crippen LogP contribution in [0.4, 0.5) is 0 Å². The van der Waals surface area contributed by atoms with Crippen LogP contribution in [0, 0.1) is 0 Å². The van der Waals surface area contributed by atoms with Crippen molar-refractivity contribution >= 4 is 27.5 Å². The summed E-state index contributed by atoms with van der Waals surface area (Å²) >= 11 is 1.61. The molecule has 1 atom stereocenters. The van der Waals surface area contributed by atoms with Crippen molar-refractivity contribution in [2.24, 2.45) is 0 Å². The van der Waals surface area contributed by atoms with E-state index in [-0.39, 0.29) is 28.5 Å². The SMILES string of the molecule is CC(C)(C)c1ncc(C(=O)N2CCC[C@H]2c2nc3ccccc3s2)c(=O)[nH]1. The average Bonchev–Trinajstić information content (AvgIpc) is 3.26. The van der Waals surface area contributed by atoms with Crippen LogP contribution in [0.25, 0.3) is 10.2 Å². The lowest BCUT2D eigenvalue weighted by molar-refractivity contribution is 0.0733. The number of H-pyrrole nitrogens is 1. The minimum absolute atomic E-state index is 0.0865. The fraction of sp³-hybridized carbons (Fsp3) is 0.400. The van der Waals surface area contributed by atoms with Gasteiger partial charge in [0.2, 0.25) is 0 Å². The average molecular weight is 382 g/mol. The molecule has 0 bridgehead atoms. The second kappa shape index (κ2) is 6.56. The number of aromatic nitrogens is 3.